The molecule has 0 atom stereocenters. The number of aromatic nitrogens is 1. The van der Waals surface area contributed by atoms with E-state index in [2.05, 4.69) is 93.3 Å². The molecule has 5 aromatic rings. The van der Waals surface area contributed by atoms with Gasteiger partial charge in [0.2, 0.25) is 0 Å². The fraction of sp³-hybridized carbons (Fsp3) is 0. The number of aliphatic carboxylic acids is 1. The molecule has 0 aliphatic carbocycles. The Labute approximate surface area is 210 Å². The lowest BCUT2D eigenvalue weighted by molar-refractivity contribution is -0.132. The van der Waals surface area contributed by atoms with Crippen molar-refractivity contribution in [2.45, 2.75) is 0 Å². The van der Waals surface area contributed by atoms with Gasteiger partial charge in [-0.3, -0.25) is 0 Å². The highest BCUT2D eigenvalue weighted by Gasteiger charge is 2.12. The van der Waals surface area contributed by atoms with Gasteiger partial charge in [-0.1, -0.05) is 76.6 Å². The number of para-hydroxylation sites is 1. The maximum absolute atomic E-state index is 11.0. The van der Waals surface area contributed by atoms with Gasteiger partial charge in [-0.05, 0) is 65.2 Å². The molecule has 5 rings (SSSR count). The molecule has 1 heterocycles. The van der Waals surface area contributed by atoms with Crippen LogP contribution in [-0.4, -0.2) is 15.6 Å². The van der Waals surface area contributed by atoms with Crippen LogP contribution in [0.4, 0.5) is 0 Å². The second kappa shape index (κ2) is 9.46. The average Bonchev–Trinajstić information content (AvgIpc) is 3.21. The van der Waals surface area contributed by atoms with Crippen LogP contribution < -0.4 is 0 Å². The summed E-state index contributed by atoms with van der Waals surface area (Å²) in [5.41, 5.74) is 5.86. The predicted octanol–water partition coefficient (Wildman–Crippen LogP) is 7.71. The molecule has 1 N–H and O–H groups in total. The summed E-state index contributed by atoms with van der Waals surface area (Å²) in [4.78, 5) is 11.0. The minimum absolute atomic E-state index is 0.288. The molecule has 0 aliphatic rings. The van der Waals surface area contributed by atoms with Crippen LogP contribution in [0, 0.1) is 11.3 Å². The van der Waals surface area contributed by atoms with E-state index < -0.39 is 5.97 Å². The van der Waals surface area contributed by atoms with Crippen molar-refractivity contribution in [3.8, 4) is 11.8 Å². The molecule has 0 amide bonds. The van der Waals surface area contributed by atoms with Gasteiger partial charge in [0.25, 0.3) is 0 Å². The van der Waals surface area contributed by atoms with E-state index >= 15 is 0 Å². The van der Waals surface area contributed by atoms with Gasteiger partial charge in [0, 0.05) is 20.9 Å². The third-order valence-corrected chi connectivity index (χ3v) is 6.38. The predicted molar refractivity (Wildman–Crippen MR) is 145 cm³/mol. The summed E-state index contributed by atoms with van der Waals surface area (Å²) in [6, 6.07) is 32.3. The van der Waals surface area contributed by atoms with Crippen molar-refractivity contribution in [1.29, 1.82) is 5.26 Å². The number of hydrogen-bond donors (Lipinski definition) is 1. The van der Waals surface area contributed by atoms with Gasteiger partial charge in [0.05, 0.1) is 11.0 Å². The summed E-state index contributed by atoms with van der Waals surface area (Å²) in [5, 5.41) is 20.3. The van der Waals surface area contributed by atoms with Crippen molar-refractivity contribution in [3.05, 3.63) is 118 Å². The fourth-order valence-electron chi connectivity index (χ4n) is 4.17. The van der Waals surface area contributed by atoms with Crippen molar-refractivity contribution in [1.82, 2.24) is 4.57 Å². The largest absolute Gasteiger partial charge is 0.477 e. The smallest absolute Gasteiger partial charge is 0.346 e. The van der Waals surface area contributed by atoms with Crippen molar-refractivity contribution < 1.29 is 9.90 Å². The molecule has 4 nitrogen and oxygen atoms in total. The first kappa shape index (κ1) is 22.4. The molecule has 0 fully saturated rings. The molecule has 0 saturated carbocycles. The van der Waals surface area contributed by atoms with E-state index in [4.69, 9.17) is 10.4 Å². The lowest BCUT2D eigenvalue weighted by atomic mass is 10.1. The molecule has 1 aromatic heterocycles. The summed E-state index contributed by atoms with van der Waals surface area (Å²) in [7, 11) is 0. The Bertz CT molecular complexity index is 1670. The van der Waals surface area contributed by atoms with Gasteiger partial charge in [0.15, 0.2) is 0 Å². The second-order valence-corrected chi connectivity index (χ2v) is 9.00. The third-order valence-electron chi connectivity index (χ3n) is 5.85. The number of carboxylic acids is 1. The van der Waals surface area contributed by atoms with Crippen LogP contribution in [0.2, 0.25) is 0 Å². The Balaban J connectivity index is 1.50. The highest BCUT2D eigenvalue weighted by molar-refractivity contribution is 9.10. The molecule has 0 saturated heterocycles. The lowest BCUT2D eigenvalue weighted by Crippen LogP contribution is -1.97. The lowest BCUT2D eigenvalue weighted by Gasteiger charge is -2.08. The van der Waals surface area contributed by atoms with E-state index in [9.17, 15) is 4.79 Å². The van der Waals surface area contributed by atoms with Crippen molar-refractivity contribution in [3.63, 3.8) is 0 Å². The number of carboxylic acid groups (broad SMARTS) is 1. The molecule has 4 aromatic carbocycles. The Kier molecular flexibility index (Phi) is 6.05. The molecule has 0 spiro atoms. The zero-order valence-electron chi connectivity index (χ0n) is 18.5. The number of benzene rings is 4. The number of rotatable bonds is 5. The highest BCUT2D eigenvalue weighted by Crippen LogP contribution is 2.33. The molecule has 0 radical (unpaired) electrons. The van der Waals surface area contributed by atoms with Gasteiger partial charge in [-0.25, -0.2) is 4.79 Å². The first-order chi connectivity index (χ1) is 17.0. The quantitative estimate of drug-likeness (QED) is 0.147. The van der Waals surface area contributed by atoms with Crippen LogP contribution in [0.15, 0.2) is 101 Å². The van der Waals surface area contributed by atoms with Gasteiger partial charge in [-0.2, -0.15) is 5.26 Å². The molecule has 0 unspecified atom stereocenters. The van der Waals surface area contributed by atoms with Gasteiger partial charge in [-0.15, -0.1) is 0 Å². The topological polar surface area (TPSA) is 66.0 Å². The zero-order valence-corrected chi connectivity index (χ0v) is 20.1. The molecule has 5 heteroatoms. The zero-order chi connectivity index (χ0) is 24.4. The van der Waals surface area contributed by atoms with Crippen molar-refractivity contribution in [2.75, 3.05) is 0 Å². The molecule has 0 bridgehead atoms. The normalized spacial score (nSPS) is 11.8. The minimum Gasteiger partial charge on any atom is -0.477 e. The minimum atomic E-state index is -1.23. The molecule has 0 aliphatic heterocycles. The Morgan fingerprint density at radius 1 is 0.800 bits per heavy atom. The Morgan fingerprint density at radius 3 is 2.14 bits per heavy atom. The maximum Gasteiger partial charge on any atom is 0.346 e. The molecule has 35 heavy (non-hydrogen) atoms. The van der Waals surface area contributed by atoms with E-state index in [0.29, 0.717) is 5.56 Å². The van der Waals surface area contributed by atoms with Crippen LogP contribution in [-0.2, 0) is 4.79 Å². The van der Waals surface area contributed by atoms with E-state index in [0.717, 1.165) is 32.3 Å². The summed E-state index contributed by atoms with van der Waals surface area (Å²) in [6.45, 7) is 0. The van der Waals surface area contributed by atoms with Crippen LogP contribution >= 0.6 is 15.9 Å². The number of hydrogen-bond acceptors (Lipinski definition) is 2. The average molecular weight is 519 g/mol. The number of carbonyl (C=O) groups is 1. The third kappa shape index (κ3) is 4.52. The van der Waals surface area contributed by atoms with E-state index in [1.165, 1.54) is 16.8 Å². The number of fused-ring (bicyclic) bond motifs is 3. The summed E-state index contributed by atoms with van der Waals surface area (Å²) in [5.74, 6) is -1.23. The van der Waals surface area contributed by atoms with E-state index in [1.54, 1.807) is 18.2 Å². The molecular formula is C30H19BrN2O2. The summed E-state index contributed by atoms with van der Waals surface area (Å²) >= 11 is 3.52. The standard InChI is InChI=1S/C30H19BrN2O2/c31-24-12-14-25(15-13-24)33-28-4-2-1-3-26(28)27-18-22(11-16-29(27)33)10-7-20-5-8-21(9-6-20)17-23(19-32)30(34)35/h1-18H,(H,34,35)/b10-7+,23-17-. The van der Waals surface area contributed by atoms with Gasteiger partial charge < -0.3 is 9.67 Å². The summed E-state index contributed by atoms with van der Waals surface area (Å²) < 4.78 is 3.33. The SMILES string of the molecule is N#C/C(=C/c1ccc(/C=C/c2ccc3c(c2)c2ccccc2n3-c2ccc(Br)cc2)cc1)C(=O)O. The Morgan fingerprint density at radius 2 is 1.43 bits per heavy atom. The first-order valence-corrected chi connectivity index (χ1v) is 11.8. The molecule has 168 valence electrons. The number of nitriles is 1. The number of nitrogens with zero attached hydrogens (tertiary/aromatic N) is 2. The van der Waals surface area contributed by atoms with Crippen molar-refractivity contribution >= 4 is 61.9 Å². The second-order valence-electron chi connectivity index (χ2n) is 8.08. The summed E-state index contributed by atoms with van der Waals surface area (Å²) in [6.07, 6.45) is 5.45. The van der Waals surface area contributed by atoms with Gasteiger partial charge in [0.1, 0.15) is 11.6 Å². The maximum atomic E-state index is 11.0. The Hall–Kier alpha value is -4.40. The van der Waals surface area contributed by atoms with E-state index in [1.807, 2.05) is 18.2 Å². The van der Waals surface area contributed by atoms with Crippen molar-refractivity contribution in [2.24, 2.45) is 0 Å². The fourth-order valence-corrected chi connectivity index (χ4v) is 4.43. The van der Waals surface area contributed by atoms with E-state index in [-0.39, 0.29) is 5.57 Å². The monoisotopic (exact) mass is 518 g/mol. The van der Waals surface area contributed by atoms with Crippen LogP contribution in [0.25, 0.3) is 45.7 Å². The first-order valence-electron chi connectivity index (χ1n) is 11.0. The van der Waals surface area contributed by atoms with Crippen LogP contribution in [0.3, 0.4) is 0 Å². The van der Waals surface area contributed by atoms with Crippen LogP contribution in [0.1, 0.15) is 16.7 Å². The highest BCUT2D eigenvalue weighted by atomic mass is 79.9. The van der Waals surface area contributed by atoms with Gasteiger partial charge >= 0.3 is 5.97 Å². The number of halogens is 1. The molecular weight excluding hydrogens is 500 g/mol. The van der Waals surface area contributed by atoms with Crippen LogP contribution in [0.5, 0.6) is 0 Å².